The van der Waals surface area contributed by atoms with Crippen LogP contribution < -0.4 is 10.6 Å². The molecule has 0 aromatic heterocycles. The molecule has 0 heterocycles. The Kier molecular flexibility index (Phi) is 4.24. The lowest BCUT2D eigenvalue weighted by atomic mass is 10.2. The molecule has 1 rings (SSSR count). The summed E-state index contributed by atoms with van der Waals surface area (Å²) in [5.74, 6) is 5.74. The summed E-state index contributed by atoms with van der Waals surface area (Å²) in [7, 11) is 0. The molecule has 2 amide bonds. The van der Waals surface area contributed by atoms with Gasteiger partial charge in [-0.3, -0.25) is 0 Å². The van der Waals surface area contributed by atoms with Crippen LogP contribution in [0.25, 0.3) is 0 Å². The number of hydrogen-bond donors (Lipinski definition) is 2. The Hall–Kier alpha value is -1.95. The Labute approximate surface area is 89.9 Å². The molecule has 0 aliphatic rings. The summed E-state index contributed by atoms with van der Waals surface area (Å²) in [6.07, 6.45) is 0. The van der Waals surface area contributed by atoms with Gasteiger partial charge in [0.1, 0.15) is 0 Å². The van der Waals surface area contributed by atoms with E-state index in [0.717, 1.165) is 11.3 Å². The minimum atomic E-state index is -0.195. The lowest BCUT2D eigenvalue weighted by Gasteiger charge is -2.05. The smallest absolute Gasteiger partial charge is 0.319 e. The van der Waals surface area contributed by atoms with E-state index in [1.807, 2.05) is 31.2 Å². The van der Waals surface area contributed by atoms with Gasteiger partial charge >= 0.3 is 6.03 Å². The summed E-state index contributed by atoms with van der Waals surface area (Å²) in [6, 6.07) is 7.24. The molecule has 0 bridgehead atoms. The van der Waals surface area contributed by atoms with Crippen molar-refractivity contribution in [3.05, 3.63) is 29.8 Å². The molecule has 0 saturated carbocycles. The van der Waals surface area contributed by atoms with Crippen LogP contribution in [0.4, 0.5) is 10.5 Å². The van der Waals surface area contributed by atoms with E-state index in [9.17, 15) is 4.79 Å². The molecule has 3 heteroatoms. The van der Waals surface area contributed by atoms with Crippen molar-refractivity contribution in [2.45, 2.75) is 13.8 Å². The van der Waals surface area contributed by atoms with E-state index in [2.05, 4.69) is 22.5 Å². The first-order chi connectivity index (χ1) is 7.26. The zero-order chi connectivity index (χ0) is 11.1. The number of rotatable bonds is 2. The van der Waals surface area contributed by atoms with E-state index in [4.69, 9.17) is 0 Å². The summed E-state index contributed by atoms with van der Waals surface area (Å²) >= 11 is 0. The Morgan fingerprint density at radius 3 is 2.93 bits per heavy atom. The van der Waals surface area contributed by atoms with Gasteiger partial charge in [-0.05, 0) is 32.0 Å². The maximum absolute atomic E-state index is 11.2. The molecule has 15 heavy (non-hydrogen) atoms. The Morgan fingerprint density at radius 1 is 1.47 bits per heavy atom. The summed E-state index contributed by atoms with van der Waals surface area (Å²) in [6.45, 7) is 4.27. The predicted molar refractivity (Wildman–Crippen MR) is 61.7 cm³/mol. The van der Waals surface area contributed by atoms with Crippen molar-refractivity contribution in [3.8, 4) is 11.8 Å². The van der Waals surface area contributed by atoms with Gasteiger partial charge < -0.3 is 10.6 Å². The third-order valence-corrected chi connectivity index (χ3v) is 1.73. The van der Waals surface area contributed by atoms with Crippen LogP contribution in [0.2, 0.25) is 0 Å². The first kappa shape index (κ1) is 11.1. The summed E-state index contributed by atoms with van der Waals surface area (Å²) in [4.78, 5) is 11.2. The average molecular weight is 202 g/mol. The van der Waals surface area contributed by atoms with Crippen LogP contribution in [-0.4, -0.2) is 12.6 Å². The summed E-state index contributed by atoms with van der Waals surface area (Å²) in [5, 5.41) is 5.38. The van der Waals surface area contributed by atoms with E-state index in [-0.39, 0.29) is 6.03 Å². The van der Waals surface area contributed by atoms with Gasteiger partial charge in [0, 0.05) is 17.8 Å². The Bertz CT molecular complexity index is 402. The lowest BCUT2D eigenvalue weighted by molar-refractivity contribution is 0.252. The molecule has 0 fully saturated rings. The Balaban J connectivity index is 2.72. The standard InChI is InChI=1S/C12H14N2O/c1-3-6-10-7-5-8-11(9-10)14-12(15)13-4-2/h5,7-9H,4H2,1-2H3,(H2,13,14,15). The zero-order valence-electron chi connectivity index (χ0n) is 8.92. The summed E-state index contributed by atoms with van der Waals surface area (Å²) in [5.41, 5.74) is 1.65. The molecule has 0 saturated heterocycles. The third kappa shape index (κ3) is 3.74. The number of urea groups is 1. The average Bonchev–Trinajstić information content (AvgIpc) is 2.19. The highest BCUT2D eigenvalue weighted by atomic mass is 16.2. The maximum atomic E-state index is 11.2. The zero-order valence-corrected chi connectivity index (χ0v) is 8.92. The van der Waals surface area contributed by atoms with Gasteiger partial charge in [-0.2, -0.15) is 0 Å². The molecule has 3 nitrogen and oxygen atoms in total. The van der Waals surface area contributed by atoms with Crippen LogP contribution in [0.3, 0.4) is 0 Å². The van der Waals surface area contributed by atoms with Gasteiger partial charge in [0.05, 0.1) is 0 Å². The van der Waals surface area contributed by atoms with Crippen molar-refractivity contribution in [1.29, 1.82) is 0 Å². The monoisotopic (exact) mass is 202 g/mol. The van der Waals surface area contributed by atoms with Gasteiger partial charge in [-0.15, -0.1) is 5.92 Å². The summed E-state index contributed by atoms with van der Waals surface area (Å²) < 4.78 is 0. The van der Waals surface area contributed by atoms with Crippen molar-refractivity contribution in [1.82, 2.24) is 5.32 Å². The minimum Gasteiger partial charge on any atom is -0.338 e. The molecule has 1 aromatic rings. The van der Waals surface area contributed by atoms with Crippen molar-refractivity contribution < 1.29 is 4.79 Å². The highest BCUT2D eigenvalue weighted by Crippen LogP contribution is 2.09. The molecule has 1 aromatic carbocycles. The molecule has 0 aliphatic carbocycles. The van der Waals surface area contributed by atoms with E-state index in [0.29, 0.717) is 6.54 Å². The molecule has 0 radical (unpaired) electrons. The number of hydrogen-bond acceptors (Lipinski definition) is 1. The molecule has 2 N–H and O–H groups in total. The van der Waals surface area contributed by atoms with Crippen LogP contribution >= 0.6 is 0 Å². The van der Waals surface area contributed by atoms with Gasteiger partial charge in [0.2, 0.25) is 0 Å². The number of nitrogens with one attached hydrogen (secondary N) is 2. The minimum absolute atomic E-state index is 0.195. The largest absolute Gasteiger partial charge is 0.338 e. The molecule has 0 spiro atoms. The van der Waals surface area contributed by atoms with E-state index in [1.165, 1.54) is 0 Å². The number of amides is 2. The van der Waals surface area contributed by atoms with Crippen molar-refractivity contribution >= 4 is 11.7 Å². The normalized spacial score (nSPS) is 8.67. The quantitative estimate of drug-likeness (QED) is 0.709. The van der Waals surface area contributed by atoms with Gasteiger partial charge in [0.25, 0.3) is 0 Å². The van der Waals surface area contributed by atoms with E-state index in [1.54, 1.807) is 6.92 Å². The molecule has 0 unspecified atom stereocenters. The third-order valence-electron chi connectivity index (χ3n) is 1.73. The maximum Gasteiger partial charge on any atom is 0.319 e. The van der Waals surface area contributed by atoms with E-state index < -0.39 is 0 Å². The Morgan fingerprint density at radius 2 is 2.27 bits per heavy atom. The van der Waals surface area contributed by atoms with Crippen LogP contribution in [0.15, 0.2) is 24.3 Å². The molecule has 0 aliphatic heterocycles. The first-order valence-corrected chi connectivity index (χ1v) is 4.84. The highest BCUT2D eigenvalue weighted by Gasteiger charge is 1.99. The predicted octanol–water partition coefficient (Wildman–Crippen LogP) is 2.20. The van der Waals surface area contributed by atoms with Crippen LogP contribution in [0, 0.1) is 11.8 Å². The fourth-order valence-corrected chi connectivity index (χ4v) is 1.15. The number of carbonyl (C=O) groups is 1. The molecule has 78 valence electrons. The molecular weight excluding hydrogens is 188 g/mol. The second kappa shape index (κ2) is 5.71. The fraction of sp³-hybridized carbons (Fsp3) is 0.250. The van der Waals surface area contributed by atoms with Gasteiger partial charge in [-0.25, -0.2) is 4.79 Å². The molecule has 0 atom stereocenters. The number of carbonyl (C=O) groups excluding carboxylic acids is 1. The van der Waals surface area contributed by atoms with Crippen LogP contribution in [-0.2, 0) is 0 Å². The topological polar surface area (TPSA) is 41.1 Å². The fourth-order valence-electron chi connectivity index (χ4n) is 1.15. The highest BCUT2D eigenvalue weighted by molar-refractivity contribution is 5.89. The second-order valence-electron chi connectivity index (χ2n) is 2.94. The van der Waals surface area contributed by atoms with Gasteiger partial charge in [0.15, 0.2) is 0 Å². The van der Waals surface area contributed by atoms with Gasteiger partial charge in [-0.1, -0.05) is 12.0 Å². The van der Waals surface area contributed by atoms with Crippen molar-refractivity contribution in [2.24, 2.45) is 0 Å². The van der Waals surface area contributed by atoms with Crippen molar-refractivity contribution in [2.75, 3.05) is 11.9 Å². The number of anilines is 1. The van der Waals surface area contributed by atoms with Crippen LogP contribution in [0.1, 0.15) is 19.4 Å². The van der Waals surface area contributed by atoms with Crippen molar-refractivity contribution in [3.63, 3.8) is 0 Å². The SMILES string of the molecule is CC#Cc1cccc(NC(=O)NCC)c1. The molecular formula is C12H14N2O. The second-order valence-corrected chi connectivity index (χ2v) is 2.94. The number of benzene rings is 1. The first-order valence-electron chi connectivity index (χ1n) is 4.84. The lowest BCUT2D eigenvalue weighted by Crippen LogP contribution is -2.28. The van der Waals surface area contributed by atoms with Crippen LogP contribution in [0.5, 0.6) is 0 Å². The van der Waals surface area contributed by atoms with E-state index >= 15 is 0 Å².